The van der Waals surface area contributed by atoms with Gasteiger partial charge in [-0.2, -0.15) is 0 Å². The van der Waals surface area contributed by atoms with Crippen molar-refractivity contribution in [3.8, 4) is 5.75 Å². The van der Waals surface area contributed by atoms with Crippen molar-refractivity contribution < 1.29 is 4.74 Å². The lowest BCUT2D eigenvalue weighted by Crippen LogP contribution is -2.23. The van der Waals surface area contributed by atoms with Crippen molar-refractivity contribution in [2.75, 3.05) is 0 Å². The number of hydrogen-bond acceptors (Lipinski definition) is 2. The molecule has 0 aliphatic heterocycles. The summed E-state index contributed by atoms with van der Waals surface area (Å²) in [6.45, 7) is 14.7. The SMILES string of the molecule is Cc1cc(OC(C)(C)C)c2nc(C)n(C(C)C)c2c1. The number of aryl methyl sites for hydroxylation is 2. The van der Waals surface area contributed by atoms with E-state index in [2.05, 4.69) is 65.2 Å². The van der Waals surface area contributed by atoms with E-state index in [9.17, 15) is 0 Å². The summed E-state index contributed by atoms with van der Waals surface area (Å²) in [5, 5.41) is 0. The standard InChI is InChI=1S/C16H24N2O/c1-10(2)18-12(4)17-15-13(18)8-11(3)9-14(15)19-16(5,6)7/h8-10H,1-7H3. The number of benzene rings is 1. The molecule has 0 bridgehead atoms. The maximum atomic E-state index is 6.07. The van der Waals surface area contributed by atoms with E-state index in [1.165, 1.54) is 5.56 Å². The summed E-state index contributed by atoms with van der Waals surface area (Å²) in [6.07, 6.45) is 0. The van der Waals surface area contributed by atoms with Gasteiger partial charge in [-0.05, 0) is 66.2 Å². The van der Waals surface area contributed by atoms with E-state index in [4.69, 9.17) is 9.72 Å². The molecule has 0 spiro atoms. The second kappa shape index (κ2) is 4.55. The topological polar surface area (TPSA) is 27.1 Å². The molecule has 0 N–H and O–H groups in total. The number of fused-ring (bicyclic) bond motifs is 1. The molecule has 0 saturated carbocycles. The van der Waals surface area contributed by atoms with Crippen molar-refractivity contribution >= 4 is 11.0 Å². The van der Waals surface area contributed by atoms with Crippen LogP contribution in [-0.2, 0) is 0 Å². The second-order valence-electron chi connectivity index (χ2n) is 6.47. The average Bonchev–Trinajstić information content (AvgIpc) is 2.51. The van der Waals surface area contributed by atoms with Gasteiger partial charge in [0.15, 0.2) is 0 Å². The summed E-state index contributed by atoms with van der Waals surface area (Å²) in [4.78, 5) is 4.70. The van der Waals surface area contributed by atoms with Gasteiger partial charge >= 0.3 is 0 Å². The number of imidazole rings is 1. The van der Waals surface area contributed by atoms with Gasteiger partial charge in [0.05, 0.1) is 5.52 Å². The molecule has 0 aliphatic rings. The van der Waals surface area contributed by atoms with Crippen molar-refractivity contribution in [2.24, 2.45) is 0 Å². The largest absolute Gasteiger partial charge is 0.486 e. The number of ether oxygens (including phenoxy) is 1. The fraction of sp³-hybridized carbons (Fsp3) is 0.562. The summed E-state index contributed by atoms with van der Waals surface area (Å²) >= 11 is 0. The van der Waals surface area contributed by atoms with Crippen LogP contribution in [0, 0.1) is 13.8 Å². The first-order chi connectivity index (χ1) is 8.69. The van der Waals surface area contributed by atoms with Crippen LogP contribution in [0.1, 0.15) is 52.0 Å². The third-order valence-electron chi connectivity index (χ3n) is 3.01. The lowest BCUT2D eigenvalue weighted by Gasteiger charge is -2.22. The van der Waals surface area contributed by atoms with Gasteiger partial charge in [0.1, 0.15) is 22.7 Å². The molecule has 2 aromatic rings. The van der Waals surface area contributed by atoms with Gasteiger partial charge in [-0.1, -0.05) is 0 Å². The average molecular weight is 260 g/mol. The van der Waals surface area contributed by atoms with Gasteiger partial charge in [0.2, 0.25) is 0 Å². The maximum Gasteiger partial charge on any atom is 0.148 e. The molecule has 0 amide bonds. The highest BCUT2D eigenvalue weighted by Gasteiger charge is 2.19. The number of hydrogen-bond donors (Lipinski definition) is 0. The maximum absolute atomic E-state index is 6.07. The van der Waals surface area contributed by atoms with Gasteiger partial charge in [0.25, 0.3) is 0 Å². The van der Waals surface area contributed by atoms with Crippen LogP contribution in [0.4, 0.5) is 0 Å². The molecule has 2 rings (SSSR count). The van der Waals surface area contributed by atoms with E-state index in [0.29, 0.717) is 6.04 Å². The van der Waals surface area contributed by atoms with E-state index in [0.717, 1.165) is 22.6 Å². The van der Waals surface area contributed by atoms with Crippen LogP contribution in [0.2, 0.25) is 0 Å². The van der Waals surface area contributed by atoms with E-state index in [-0.39, 0.29) is 5.60 Å². The highest BCUT2D eigenvalue weighted by molar-refractivity contribution is 5.83. The van der Waals surface area contributed by atoms with E-state index < -0.39 is 0 Å². The molecule has 104 valence electrons. The Morgan fingerprint density at radius 3 is 2.32 bits per heavy atom. The molecule has 1 heterocycles. The van der Waals surface area contributed by atoms with Crippen LogP contribution in [0.25, 0.3) is 11.0 Å². The Labute approximate surface area is 115 Å². The minimum atomic E-state index is -0.212. The first-order valence-electron chi connectivity index (χ1n) is 6.87. The van der Waals surface area contributed by atoms with Gasteiger partial charge < -0.3 is 9.30 Å². The minimum absolute atomic E-state index is 0.212. The predicted molar refractivity (Wildman–Crippen MR) is 80.0 cm³/mol. The van der Waals surface area contributed by atoms with E-state index >= 15 is 0 Å². The predicted octanol–water partition coefficient (Wildman–Crippen LogP) is 4.41. The Morgan fingerprint density at radius 1 is 1.16 bits per heavy atom. The molecule has 1 aromatic carbocycles. The van der Waals surface area contributed by atoms with Crippen molar-refractivity contribution in [2.45, 2.75) is 60.1 Å². The molecule has 0 unspecified atom stereocenters. The van der Waals surface area contributed by atoms with Crippen molar-refractivity contribution in [1.82, 2.24) is 9.55 Å². The van der Waals surface area contributed by atoms with Crippen LogP contribution < -0.4 is 4.74 Å². The van der Waals surface area contributed by atoms with Crippen LogP contribution in [-0.4, -0.2) is 15.2 Å². The molecule has 3 nitrogen and oxygen atoms in total. The summed E-state index contributed by atoms with van der Waals surface area (Å²) in [7, 11) is 0. The zero-order valence-electron chi connectivity index (χ0n) is 13.0. The summed E-state index contributed by atoms with van der Waals surface area (Å²) in [5.74, 6) is 1.92. The summed E-state index contributed by atoms with van der Waals surface area (Å²) in [5.41, 5.74) is 3.11. The first-order valence-corrected chi connectivity index (χ1v) is 6.87. The molecule has 1 aromatic heterocycles. The monoisotopic (exact) mass is 260 g/mol. The van der Waals surface area contributed by atoms with Crippen molar-refractivity contribution in [3.05, 3.63) is 23.5 Å². The molecule has 19 heavy (non-hydrogen) atoms. The van der Waals surface area contributed by atoms with Gasteiger partial charge in [-0.25, -0.2) is 4.98 Å². The first kappa shape index (κ1) is 13.9. The molecule has 3 heteroatoms. The molecular formula is C16H24N2O. The Hall–Kier alpha value is -1.51. The number of aromatic nitrogens is 2. The van der Waals surface area contributed by atoms with Gasteiger partial charge in [-0.15, -0.1) is 0 Å². The minimum Gasteiger partial charge on any atom is -0.486 e. The smallest absolute Gasteiger partial charge is 0.148 e. The zero-order chi connectivity index (χ0) is 14.4. The Bertz CT molecular complexity index is 603. The van der Waals surface area contributed by atoms with Gasteiger partial charge in [-0.3, -0.25) is 0 Å². The zero-order valence-corrected chi connectivity index (χ0v) is 13.0. The molecule has 0 aliphatic carbocycles. The summed E-state index contributed by atoms with van der Waals surface area (Å²) in [6, 6.07) is 4.66. The van der Waals surface area contributed by atoms with Crippen LogP contribution in [0.15, 0.2) is 12.1 Å². The molecule has 0 saturated heterocycles. The van der Waals surface area contributed by atoms with E-state index in [1.54, 1.807) is 0 Å². The normalized spacial score (nSPS) is 12.4. The Kier molecular flexibility index (Phi) is 3.33. The second-order valence-corrected chi connectivity index (χ2v) is 6.47. The van der Waals surface area contributed by atoms with Crippen molar-refractivity contribution in [3.63, 3.8) is 0 Å². The fourth-order valence-corrected chi connectivity index (χ4v) is 2.47. The number of nitrogens with zero attached hydrogens (tertiary/aromatic N) is 2. The van der Waals surface area contributed by atoms with Crippen LogP contribution in [0.3, 0.4) is 0 Å². The van der Waals surface area contributed by atoms with Crippen LogP contribution in [0.5, 0.6) is 5.75 Å². The van der Waals surface area contributed by atoms with Gasteiger partial charge in [0, 0.05) is 6.04 Å². The summed E-state index contributed by atoms with van der Waals surface area (Å²) < 4.78 is 8.33. The lowest BCUT2D eigenvalue weighted by atomic mass is 10.1. The van der Waals surface area contributed by atoms with Crippen LogP contribution >= 0.6 is 0 Å². The van der Waals surface area contributed by atoms with E-state index in [1.807, 2.05) is 0 Å². The molecular weight excluding hydrogens is 236 g/mol. The highest BCUT2D eigenvalue weighted by Crippen LogP contribution is 2.32. The highest BCUT2D eigenvalue weighted by atomic mass is 16.5. The number of rotatable bonds is 2. The molecule has 0 radical (unpaired) electrons. The third-order valence-corrected chi connectivity index (χ3v) is 3.01. The Morgan fingerprint density at radius 2 is 1.79 bits per heavy atom. The quantitative estimate of drug-likeness (QED) is 0.799. The molecule has 0 atom stereocenters. The fourth-order valence-electron chi connectivity index (χ4n) is 2.47. The molecule has 0 fully saturated rings. The third kappa shape index (κ3) is 2.75. The Balaban J connectivity index is 2.69. The lowest BCUT2D eigenvalue weighted by molar-refractivity contribution is 0.133. The van der Waals surface area contributed by atoms with Crippen molar-refractivity contribution in [1.29, 1.82) is 0 Å².